The number of ether oxygens (including phenoxy) is 2. The molecule has 0 aromatic heterocycles. The lowest BCUT2D eigenvalue weighted by Gasteiger charge is -2.43. The zero-order valence-electron chi connectivity index (χ0n) is 18.5. The fraction of sp³-hybridized carbons (Fsp3) is 1.00. The first-order chi connectivity index (χ1) is 12.8. The zero-order valence-corrected chi connectivity index (χ0v) is 18.5. The number of nitrogens with zero attached hydrogens (tertiary/aromatic N) is 3. The Kier molecular flexibility index (Phi) is 7.59. The molecule has 2 heterocycles. The van der Waals surface area contributed by atoms with E-state index in [1.807, 2.05) is 0 Å². The standard InChI is InChI=1S/C22H43N3O2/c1-18(2)26-20-16-21(17-20)27-19-6-8-23(9-7-19)10-11-24-12-14-25(15-13-24)22(3,4)5/h18-21H,6-17H2,1-5H3. The molecule has 2 saturated heterocycles. The molecule has 27 heavy (non-hydrogen) atoms. The van der Waals surface area contributed by atoms with Crippen molar-refractivity contribution in [1.82, 2.24) is 14.7 Å². The van der Waals surface area contributed by atoms with Crippen LogP contribution >= 0.6 is 0 Å². The highest BCUT2D eigenvalue weighted by Gasteiger charge is 2.34. The molecule has 0 spiro atoms. The second kappa shape index (κ2) is 9.53. The molecule has 5 nitrogen and oxygen atoms in total. The minimum absolute atomic E-state index is 0.315. The van der Waals surface area contributed by atoms with Crippen LogP contribution in [0, 0.1) is 0 Å². The smallest absolute Gasteiger partial charge is 0.0628 e. The molecule has 0 atom stereocenters. The Bertz CT molecular complexity index is 429. The highest BCUT2D eigenvalue weighted by molar-refractivity contribution is 4.85. The van der Waals surface area contributed by atoms with Crippen LogP contribution in [0.2, 0.25) is 0 Å². The molecule has 3 aliphatic rings. The molecule has 0 amide bonds. The van der Waals surface area contributed by atoms with Crippen LogP contribution in [-0.4, -0.2) is 97.0 Å². The summed E-state index contributed by atoms with van der Waals surface area (Å²) in [5.74, 6) is 0. The van der Waals surface area contributed by atoms with E-state index in [0.717, 1.165) is 12.8 Å². The molecule has 2 aliphatic heterocycles. The number of hydrogen-bond acceptors (Lipinski definition) is 5. The third kappa shape index (κ3) is 6.67. The molecule has 3 fully saturated rings. The Morgan fingerprint density at radius 2 is 1.33 bits per heavy atom. The lowest BCUT2D eigenvalue weighted by atomic mass is 9.91. The van der Waals surface area contributed by atoms with E-state index in [9.17, 15) is 0 Å². The van der Waals surface area contributed by atoms with Gasteiger partial charge in [0.2, 0.25) is 0 Å². The first kappa shape index (κ1) is 21.5. The van der Waals surface area contributed by atoms with Gasteiger partial charge in [0.05, 0.1) is 24.4 Å². The quantitative estimate of drug-likeness (QED) is 0.676. The highest BCUT2D eigenvalue weighted by Crippen LogP contribution is 2.30. The number of likely N-dealkylation sites (tertiary alicyclic amines) is 1. The zero-order chi connectivity index (χ0) is 19.4. The summed E-state index contributed by atoms with van der Waals surface area (Å²) < 4.78 is 12.1. The van der Waals surface area contributed by atoms with Crippen molar-refractivity contribution in [2.45, 2.75) is 90.3 Å². The second-order valence-electron chi connectivity index (χ2n) is 10.1. The molecule has 1 aliphatic carbocycles. The van der Waals surface area contributed by atoms with Crippen molar-refractivity contribution in [2.24, 2.45) is 0 Å². The molecule has 1 saturated carbocycles. The fourth-order valence-corrected chi connectivity index (χ4v) is 4.59. The maximum atomic E-state index is 6.30. The van der Waals surface area contributed by atoms with Crippen molar-refractivity contribution in [2.75, 3.05) is 52.4 Å². The summed E-state index contributed by atoms with van der Waals surface area (Å²) in [5, 5.41) is 0. The fourth-order valence-electron chi connectivity index (χ4n) is 4.59. The molecule has 0 bridgehead atoms. The summed E-state index contributed by atoms with van der Waals surface area (Å²) in [6.45, 7) is 20.9. The Hall–Kier alpha value is -0.200. The third-order valence-electron chi connectivity index (χ3n) is 6.49. The second-order valence-corrected chi connectivity index (χ2v) is 10.1. The van der Waals surface area contributed by atoms with Crippen LogP contribution in [0.5, 0.6) is 0 Å². The van der Waals surface area contributed by atoms with Gasteiger partial charge in [-0.05, 0) is 60.3 Å². The molecular formula is C22H43N3O2. The van der Waals surface area contributed by atoms with Gasteiger partial charge in [-0.15, -0.1) is 0 Å². The number of rotatable bonds is 7. The Morgan fingerprint density at radius 3 is 1.85 bits per heavy atom. The monoisotopic (exact) mass is 381 g/mol. The largest absolute Gasteiger partial charge is 0.375 e. The summed E-state index contributed by atoms with van der Waals surface area (Å²) in [7, 11) is 0. The lowest BCUT2D eigenvalue weighted by molar-refractivity contribution is -0.146. The molecular weight excluding hydrogens is 338 g/mol. The van der Waals surface area contributed by atoms with Crippen molar-refractivity contribution in [3.05, 3.63) is 0 Å². The van der Waals surface area contributed by atoms with Gasteiger partial charge in [0, 0.05) is 57.9 Å². The maximum absolute atomic E-state index is 6.30. The molecule has 0 aromatic carbocycles. The van der Waals surface area contributed by atoms with Gasteiger partial charge in [-0.1, -0.05) is 0 Å². The van der Waals surface area contributed by atoms with E-state index >= 15 is 0 Å². The Morgan fingerprint density at radius 1 is 0.778 bits per heavy atom. The van der Waals surface area contributed by atoms with Gasteiger partial charge >= 0.3 is 0 Å². The maximum Gasteiger partial charge on any atom is 0.0628 e. The summed E-state index contributed by atoms with van der Waals surface area (Å²) in [5.41, 5.74) is 0.315. The first-order valence-electron chi connectivity index (χ1n) is 11.3. The van der Waals surface area contributed by atoms with Crippen LogP contribution < -0.4 is 0 Å². The molecule has 0 radical (unpaired) electrons. The molecule has 5 heteroatoms. The first-order valence-corrected chi connectivity index (χ1v) is 11.3. The minimum Gasteiger partial charge on any atom is -0.375 e. The van der Waals surface area contributed by atoms with Crippen LogP contribution in [0.3, 0.4) is 0 Å². The predicted octanol–water partition coefficient (Wildman–Crippen LogP) is 2.84. The van der Waals surface area contributed by atoms with Crippen LogP contribution in [0.1, 0.15) is 60.3 Å². The summed E-state index contributed by atoms with van der Waals surface area (Å²) in [4.78, 5) is 7.90. The van der Waals surface area contributed by atoms with E-state index in [4.69, 9.17) is 9.47 Å². The molecule has 0 N–H and O–H groups in total. The van der Waals surface area contributed by atoms with Gasteiger partial charge < -0.3 is 14.4 Å². The number of piperidine rings is 1. The Balaban J connectivity index is 1.24. The van der Waals surface area contributed by atoms with Crippen molar-refractivity contribution >= 4 is 0 Å². The van der Waals surface area contributed by atoms with E-state index in [-0.39, 0.29) is 0 Å². The average Bonchev–Trinajstić information content (AvgIpc) is 2.58. The number of hydrogen-bond donors (Lipinski definition) is 0. The van der Waals surface area contributed by atoms with Crippen LogP contribution in [0.4, 0.5) is 0 Å². The molecule has 3 rings (SSSR count). The average molecular weight is 382 g/mol. The highest BCUT2D eigenvalue weighted by atomic mass is 16.5. The van der Waals surface area contributed by atoms with Gasteiger partial charge in [-0.3, -0.25) is 9.80 Å². The van der Waals surface area contributed by atoms with E-state index in [0.29, 0.717) is 30.0 Å². The van der Waals surface area contributed by atoms with Gasteiger partial charge in [0.15, 0.2) is 0 Å². The summed E-state index contributed by atoms with van der Waals surface area (Å²) in [6.07, 6.45) is 6.29. The lowest BCUT2D eigenvalue weighted by Crippen LogP contribution is -2.54. The van der Waals surface area contributed by atoms with Gasteiger partial charge in [-0.25, -0.2) is 0 Å². The van der Waals surface area contributed by atoms with Gasteiger partial charge in [-0.2, -0.15) is 0 Å². The van der Waals surface area contributed by atoms with Crippen molar-refractivity contribution < 1.29 is 9.47 Å². The normalized spacial score (nSPS) is 30.0. The minimum atomic E-state index is 0.315. The Labute approximate surface area is 167 Å². The molecule has 158 valence electrons. The summed E-state index contributed by atoms with van der Waals surface area (Å²) in [6, 6.07) is 0. The van der Waals surface area contributed by atoms with Crippen molar-refractivity contribution in [3.63, 3.8) is 0 Å². The van der Waals surface area contributed by atoms with E-state index < -0.39 is 0 Å². The van der Waals surface area contributed by atoms with Crippen molar-refractivity contribution in [3.8, 4) is 0 Å². The number of piperazine rings is 1. The van der Waals surface area contributed by atoms with E-state index in [1.54, 1.807) is 0 Å². The predicted molar refractivity (Wildman–Crippen MR) is 111 cm³/mol. The van der Waals surface area contributed by atoms with Crippen molar-refractivity contribution in [1.29, 1.82) is 0 Å². The van der Waals surface area contributed by atoms with Gasteiger partial charge in [0.1, 0.15) is 0 Å². The van der Waals surface area contributed by atoms with Gasteiger partial charge in [0.25, 0.3) is 0 Å². The summed E-state index contributed by atoms with van der Waals surface area (Å²) >= 11 is 0. The third-order valence-corrected chi connectivity index (χ3v) is 6.49. The van der Waals surface area contributed by atoms with Crippen LogP contribution in [0.25, 0.3) is 0 Å². The SMILES string of the molecule is CC(C)OC1CC(OC2CCN(CCN3CCN(C(C)(C)C)CC3)CC2)C1. The van der Waals surface area contributed by atoms with Crippen LogP contribution in [-0.2, 0) is 9.47 Å². The topological polar surface area (TPSA) is 28.2 Å². The van der Waals surface area contributed by atoms with E-state index in [1.165, 1.54) is 65.2 Å². The van der Waals surface area contributed by atoms with Crippen LogP contribution in [0.15, 0.2) is 0 Å². The molecule has 0 aromatic rings. The molecule has 0 unspecified atom stereocenters. The van der Waals surface area contributed by atoms with E-state index in [2.05, 4.69) is 49.3 Å².